The summed E-state index contributed by atoms with van der Waals surface area (Å²) >= 11 is 0. The van der Waals surface area contributed by atoms with Crippen LogP contribution in [0.4, 0.5) is 5.82 Å². The second-order valence-electron chi connectivity index (χ2n) is 7.78. The average molecular weight is 375 g/mol. The first-order valence-corrected chi connectivity index (χ1v) is 9.87. The van der Waals surface area contributed by atoms with E-state index in [1.807, 2.05) is 13.2 Å². The number of nitrogens with one attached hydrogen (secondary N) is 2. The Morgan fingerprint density at radius 2 is 1.96 bits per heavy atom. The van der Waals surface area contributed by atoms with E-state index in [0.717, 1.165) is 65.3 Å². The van der Waals surface area contributed by atoms with Gasteiger partial charge in [-0.3, -0.25) is 0 Å². The van der Waals surface area contributed by atoms with Crippen molar-refractivity contribution >= 4 is 27.9 Å². The summed E-state index contributed by atoms with van der Waals surface area (Å²) in [5, 5.41) is 4.46. The van der Waals surface area contributed by atoms with Crippen molar-refractivity contribution in [1.29, 1.82) is 0 Å². The molecule has 4 aromatic heterocycles. The Kier molecular flexibility index (Phi) is 4.05. The molecule has 0 unspecified atom stereocenters. The largest absolute Gasteiger partial charge is 0.354 e. The molecule has 0 aliphatic carbocycles. The van der Waals surface area contributed by atoms with Crippen LogP contribution >= 0.6 is 0 Å². The lowest BCUT2D eigenvalue weighted by atomic mass is 9.98. The number of anilines is 1. The first-order valence-electron chi connectivity index (χ1n) is 9.87. The highest BCUT2D eigenvalue weighted by Gasteiger charge is 2.22. The van der Waals surface area contributed by atoms with Crippen molar-refractivity contribution in [3.63, 3.8) is 0 Å². The van der Waals surface area contributed by atoms with Crippen molar-refractivity contribution in [2.24, 2.45) is 7.05 Å². The molecule has 0 aromatic carbocycles. The monoisotopic (exact) mass is 375 g/mol. The fourth-order valence-electron chi connectivity index (χ4n) is 4.24. The number of pyridine rings is 1. The maximum atomic E-state index is 5.08. The van der Waals surface area contributed by atoms with Gasteiger partial charge >= 0.3 is 0 Å². The van der Waals surface area contributed by atoms with Crippen LogP contribution < -0.4 is 10.2 Å². The summed E-state index contributed by atoms with van der Waals surface area (Å²) < 4.78 is 2.06. The van der Waals surface area contributed by atoms with E-state index < -0.39 is 0 Å². The maximum absolute atomic E-state index is 5.08. The zero-order valence-corrected chi connectivity index (χ0v) is 16.5. The second kappa shape index (κ2) is 6.60. The van der Waals surface area contributed by atoms with Gasteiger partial charge in [-0.15, -0.1) is 0 Å². The molecule has 1 aliphatic heterocycles. The molecule has 28 heavy (non-hydrogen) atoms. The van der Waals surface area contributed by atoms with E-state index in [0.29, 0.717) is 5.92 Å². The van der Waals surface area contributed by atoms with Crippen molar-refractivity contribution in [1.82, 2.24) is 29.8 Å². The van der Waals surface area contributed by atoms with Gasteiger partial charge in [-0.25, -0.2) is 15.0 Å². The SMILES string of the molecule is CC(C)c1c(-c2cn(C)c3ncncc23)[nH]c2ccc(N3CCNCC3)nc12. The van der Waals surface area contributed by atoms with E-state index in [9.17, 15) is 0 Å². The van der Waals surface area contributed by atoms with Crippen LogP contribution in [0.3, 0.4) is 0 Å². The van der Waals surface area contributed by atoms with E-state index in [1.54, 1.807) is 6.33 Å². The molecule has 0 radical (unpaired) electrons. The Labute approximate surface area is 163 Å². The van der Waals surface area contributed by atoms with Gasteiger partial charge in [0.1, 0.15) is 17.8 Å². The maximum Gasteiger partial charge on any atom is 0.143 e. The Bertz CT molecular complexity index is 1150. The number of aryl methyl sites for hydroxylation is 1. The van der Waals surface area contributed by atoms with E-state index in [-0.39, 0.29) is 0 Å². The van der Waals surface area contributed by atoms with E-state index >= 15 is 0 Å². The molecule has 0 atom stereocenters. The molecule has 0 spiro atoms. The predicted molar refractivity (Wildman–Crippen MR) is 113 cm³/mol. The Morgan fingerprint density at radius 3 is 2.75 bits per heavy atom. The van der Waals surface area contributed by atoms with Gasteiger partial charge < -0.3 is 19.8 Å². The van der Waals surface area contributed by atoms with Gasteiger partial charge in [-0.1, -0.05) is 13.8 Å². The summed E-state index contributed by atoms with van der Waals surface area (Å²) in [4.78, 5) is 19.8. The van der Waals surface area contributed by atoms with Crippen molar-refractivity contribution < 1.29 is 0 Å². The molecule has 1 fully saturated rings. The number of aromatic amines is 1. The van der Waals surface area contributed by atoms with Gasteiger partial charge in [-0.05, 0) is 18.1 Å². The average Bonchev–Trinajstić information content (AvgIpc) is 3.26. The minimum Gasteiger partial charge on any atom is -0.354 e. The van der Waals surface area contributed by atoms with Gasteiger partial charge in [0.25, 0.3) is 0 Å². The van der Waals surface area contributed by atoms with Crippen molar-refractivity contribution in [2.45, 2.75) is 19.8 Å². The predicted octanol–water partition coefficient (Wildman–Crippen LogP) is 3.04. The highest BCUT2D eigenvalue weighted by atomic mass is 15.2. The first-order chi connectivity index (χ1) is 13.6. The topological polar surface area (TPSA) is 74.7 Å². The van der Waals surface area contributed by atoms with Gasteiger partial charge in [0.05, 0.1) is 16.7 Å². The van der Waals surface area contributed by atoms with Crippen LogP contribution in [-0.2, 0) is 7.05 Å². The third kappa shape index (κ3) is 2.65. The van der Waals surface area contributed by atoms with Crippen molar-refractivity contribution in [3.05, 3.63) is 36.4 Å². The van der Waals surface area contributed by atoms with E-state index in [1.165, 1.54) is 5.56 Å². The van der Waals surface area contributed by atoms with Crippen LogP contribution in [0.15, 0.2) is 30.9 Å². The molecule has 4 aromatic rings. The van der Waals surface area contributed by atoms with Crippen molar-refractivity contribution in [3.8, 4) is 11.3 Å². The summed E-state index contributed by atoms with van der Waals surface area (Å²) in [6.45, 7) is 8.46. The fraction of sp³-hybridized carbons (Fsp3) is 0.381. The van der Waals surface area contributed by atoms with Crippen LogP contribution in [0.2, 0.25) is 0 Å². The normalized spacial score (nSPS) is 15.2. The molecule has 144 valence electrons. The molecule has 2 N–H and O–H groups in total. The lowest BCUT2D eigenvalue weighted by Crippen LogP contribution is -2.43. The number of hydrogen-bond donors (Lipinski definition) is 2. The number of nitrogens with zero attached hydrogens (tertiary/aromatic N) is 5. The van der Waals surface area contributed by atoms with Crippen LogP contribution in [0, 0.1) is 0 Å². The van der Waals surface area contributed by atoms with Gasteiger partial charge in [-0.2, -0.15) is 0 Å². The highest BCUT2D eigenvalue weighted by molar-refractivity contribution is 5.98. The molecular weight excluding hydrogens is 350 g/mol. The minimum absolute atomic E-state index is 0.342. The number of rotatable bonds is 3. The molecular formula is C21H25N7. The summed E-state index contributed by atoms with van der Waals surface area (Å²) in [5.41, 5.74) is 6.58. The fourth-order valence-corrected chi connectivity index (χ4v) is 4.24. The molecule has 0 bridgehead atoms. The van der Waals surface area contributed by atoms with E-state index in [4.69, 9.17) is 4.98 Å². The molecule has 5 rings (SSSR count). The third-order valence-corrected chi connectivity index (χ3v) is 5.59. The van der Waals surface area contributed by atoms with Gasteiger partial charge in [0.15, 0.2) is 0 Å². The Balaban J connectivity index is 1.71. The van der Waals surface area contributed by atoms with Gasteiger partial charge in [0.2, 0.25) is 0 Å². The number of piperazine rings is 1. The quantitative estimate of drug-likeness (QED) is 0.576. The molecule has 1 aliphatic rings. The number of aromatic nitrogens is 5. The number of H-pyrrole nitrogens is 1. The summed E-state index contributed by atoms with van der Waals surface area (Å²) in [6, 6.07) is 4.29. The second-order valence-corrected chi connectivity index (χ2v) is 7.78. The Morgan fingerprint density at radius 1 is 1.14 bits per heavy atom. The van der Waals surface area contributed by atoms with Gasteiger partial charge in [0, 0.05) is 62.1 Å². The molecule has 0 saturated carbocycles. The highest BCUT2D eigenvalue weighted by Crippen LogP contribution is 2.38. The Hall–Kier alpha value is -2.93. The van der Waals surface area contributed by atoms with E-state index in [2.05, 4.69) is 61.9 Å². The van der Waals surface area contributed by atoms with Crippen LogP contribution in [0.25, 0.3) is 33.3 Å². The summed E-state index contributed by atoms with van der Waals surface area (Å²) in [7, 11) is 2.03. The summed E-state index contributed by atoms with van der Waals surface area (Å²) in [6.07, 6.45) is 5.63. The molecule has 1 saturated heterocycles. The zero-order valence-electron chi connectivity index (χ0n) is 16.5. The number of fused-ring (bicyclic) bond motifs is 2. The third-order valence-electron chi connectivity index (χ3n) is 5.59. The zero-order chi connectivity index (χ0) is 19.3. The van der Waals surface area contributed by atoms with Crippen LogP contribution in [0.1, 0.15) is 25.3 Å². The number of hydrogen-bond acceptors (Lipinski definition) is 5. The summed E-state index contributed by atoms with van der Waals surface area (Å²) in [5.74, 6) is 1.40. The standard InChI is InChI=1S/C21H25N7/c1-13(2)18-19(15-11-27(3)21-14(15)10-23-12-24-21)25-16-4-5-17(26-20(16)18)28-8-6-22-7-9-28/h4-5,10-13,22,25H,6-9H2,1-3H3. The van der Waals surface area contributed by atoms with Crippen LogP contribution in [-0.4, -0.2) is 50.7 Å². The lowest BCUT2D eigenvalue weighted by Gasteiger charge is -2.28. The smallest absolute Gasteiger partial charge is 0.143 e. The van der Waals surface area contributed by atoms with Crippen molar-refractivity contribution in [2.75, 3.05) is 31.1 Å². The minimum atomic E-state index is 0.342. The molecule has 7 nitrogen and oxygen atoms in total. The van der Waals surface area contributed by atoms with Crippen LogP contribution in [0.5, 0.6) is 0 Å². The lowest BCUT2D eigenvalue weighted by molar-refractivity contribution is 0.585. The molecule has 7 heteroatoms. The molecule has 5 heterocycles. The molecule has 0 amide bonds. The first kappa shape index (κ1) is 17.2.